The number of nitrogens with one attached hydrogen (secondary N) is 2. The molecule has 1 fully saturated rings. The zero-order chi connectivity index (χ0) is 21.2. The number of guanidine groups is 1. The highest BCUT2D eigenvalue weighted by atomic mass is 127. The molecule has 1 saturated heterocycles. The van der Waals surface area contributed by atoms with E-state index in [2.05, 4.69) is 25.4 Å². The molecule has 0 bridgehead atoms. The van der Waals surface area contributed by atoms with Crippen molar-refractivity contribution in [2.45, 2.75) is 32.9 Å². The maximum atomic E-state index is 11.9. The molecule has 0 saturated carbocycles. The average molecular weight is 533 g/mol. The van der Waals surface area contributed by atoms with Gasteiger partial charge in [-0.05, 0) is 32.9 Å². The molecule has 0 spiro atoms. The molecule has 1 heterocycles. The molecular formula is C21H36IN5O3. The second-order valence-electron chi connectivity index (χ2n) is 7.52. The van der Waals surface area contributed by atoms with Gasteiger partial charge in [0.2, 0.25) is 5.91 Å². The fourth-order valence-electron chi connectivity index (χ4n) is 3.20. The molecule has 1 unspecified atom stereocenters. The summed E-state index contributed by atoms with van der Waals surface area (Å²) < 4.78 is 11.2. The Labute approximate surface area is 197 Å². The number of halogens is 1. The lowest BCUT2D eigenvalue weighted by atomic mass is 10.3. The topological polar surface area (TPSA) is 78.4 Å². The lowest BCUT2D eigenvalue weighted by molar-refractivity contribution is -0.123. The molecular weight excluding hydrogens is 497 g/mol. The van der Waals surface area contributed by atoms with E-state index in [-0.39, 0.29) is 42.0 Å². The van der Waals surface area contributed by atoms with Gasteiger partial charge in [0.05, 0.1) is 20.2 Å². The minimum Gasteiger partial charge on any atom is -0.497 e. The molecule has 2 N–H and O–H groups in total. The molecule has 9 heteroatoms. The van der Waals surface area contributed by atoms with Gasteiger partial charge >= 0.3 is 0 Å². The zero-order valence-electron chi connectivity index (χ0n) is 18.7. The van der Waals surface area contributed by atoms with Gasteiger partial charge in [0, 0.05) is 45.3 Å². The molecule has 1 aromatic carbocycles. The fourth-order valence-corrected chi connectivity index (χ4v) is 3.20. The third-order valence-electron chi connectivity index (χ3n) is 4.63. The summed E-state index contributed by atoms with van der Waals surface area (Å²) in [4.78, 5) is 20.7. The van der Waals surface area contributed by atoms with Crippen LogP contribution < -0.4 is 20.1 Å². The van der Waals surface area contributed by atoms with Crippen LogP contribution in [0, 0.1) is 0 Å². The Bertz CT molecular complexity index is 678. The van der Waals surface area contributed by atoms with E-state index in [9.17, 15) is 4.79 Å². The normalized spacial score (nSPS) is 15.9. The fraction of sp³-hybridized carbons (Fsp3) is 0.619. The molecule has 1 aliphatic rings. The summed E-state index contributed by atoms with van der Waals surface area (Å²) in [5.41, 5.74) is 0. The van der Waals surface area contributed by atoms with E-state index in [4.69, 9.17) is 9.47 Å². The lowest BCUT2D eigenvalue weighted by Crippen LogP contribution is -2.55. The number of carbonyl (C=O) groups excluding carboxylic acids is 1. The molecule has 2 rings (SSSR count). The summed E-state index contributed by atoms with van der Waals surface area (Å²) >= 11 is 0. The quantitative estimate of drug-likeness (QED) is 0.302. The first kappa shape index (κ1) is 26.3. The summed E-state index contributed by atoms with van der Waals surface area (Å²) in [5, 5.41) is 6.33. The standard InChI is InChI=1S/C21H35N5O3.HI/c1-16(2)24-20(27)15-25-9-11-26(12-10-25)21(22-4)23-14-17(3)29-19-8-6-7-18(13-19)28-5;/h6-8,13,16-17H,9-12,14-15H2,1-5H3,(H,22,23)(H,24,27);1H. The Hall–Kier alpha value is -1.75. The zero-order valence-corrected chi connectivity index (χ0v) is 21.0. The minimum absolute atomic E-state index is 0. The largest absolute Gasteiger partial charge is 0.497 e. The molecule has 0 radical (unpaired) electrons. The monoisotopic (exact) mass is 533 g/mol. The Balaban J connectivity index is 0.00000450. The van der Waals surface area contributed by atoms with Crippen LogP contribution >= 0.6 is 24.0 Å². The summed E-state index contributed by atoms with van der Waals surface area (Å²) in [7, 11) is 3.43. The van der Waals surface area contributed by atoms with Crippen molar-refractivity contribution in [2.75, 3.05) is 53.4 Å². The number of nitrogens with zero attached hydrogens (tertiary/aromatic N) is 3. The van der Waals surface area contributed by atoms with Crippen LogP contribution in [0.4, 0.5) is 0 Å². The van der Waals surface area contributed by atoms with E-state index >= 15 is 0 Å². The molecule has 1 amide bonds. The van der Waals surface area contributed by atoms with Crippen LogP contribution in [-0.4, -0.2) is 87.2 Å². The van der Waals surface area contributed by atoms with E-state index in [1.807, 2.05) is 45.0 Å². The number of hydrogen-bond acceptors (Lipinski definition) is 5. The van der Waals surface area contributed by atoms with Gasteiger partial charge in [-0.3, -0.25) is 14.7 Å². The van der Waals surface area contributed by atoms with Crippen molar-refractivity contribution < 1.29 is 14.3 Å². The molecule has 1 aromatic rings. The second-order valence-corrected chi connectivity index (χ2v) is 7.52. The first-order valence-corrected chi connectivity index (χ1v) is 10.2. The smallest absolute Gasteiger partial charge is 0.234 e. The van der Waals surface area contributed by atoms with Crippen LogP contribution in [0.15, 0.2) is 29.3 Å². The van der Waals surface area contributed by atoms with E-state index in [0.29, 0.717) is 13.1 Å². The number of aliphatic imine (C=N–C) groups is 1. The molecule has 30 heavy (non-hydrogen) atoms. The van der Waals surface area contributed by atoms with Crippen molar-refractivity contribution >= 4 is 35.8 Å². The van der Waals surface area contributed by atoms with E-state index in [1.165, 1.54) is 0 Å². The molecule has 0 aliphatic carbocycles. The van der Waals surface area contributed by atoms with Gasteiger partial charge in [0.15, 0.2) is 5.96 Å². The van der Waals surface area contributed by atoms with E-state index in [0.717, 1.165) is 43.6 Å². The highest BCUT2D eigenvalue weighted by Crippen LogP contribution is 2.19. The number of benzene rings is 1. The predicted molar refractivity (Wildman–Crippen MR) is 131 cm³/mol. The number of methoxy groups -OCH3 is 1. The molecule has 0 aromatic heterocycles. The van der Waals surface area contributed by atoms with Gasteiger partial charge in [-0.25, -0.2) is 0 Å². The maximum absolute atomic E-state index is 11.9. The van der Waals surface area contributed by atoms with E-state index in [1.54, 1.807) is 14.2 Å². The van der Waals surface area contributed by atoms with Crippen molar-refractivity contribution in [1.82, 2.24) is 20.4 Å². The van der Waals surface area contributed by atoms with Crippen molar-refractivity contribution in [3.05, 3.63) is 24.3 Å². The Morgan fingerprint density at radius 3 is 2.43 bits per heavy atom. The highest BCUT2D eigenvalue weighted by molar-refractivity contribution is 14.0. The average Bonchev–Trinajstić information content (AvgIpc) is 2.69. The van der Waals surface area contributed by atoms with Crippen LogP contribution in [0.5, 0.6) is 11.5 Å². The maximum Gasteiger partial charge on any atom is 0.234 e. The Kier molecular flexibility index (Phi) is 11.9. The predicted octanol–water partition coefficient (Wildman–Crippen LogP) is 1.80. The number of piperazine rings is 1. The van der Waals surface area contributed by atoms with Crippen molar-refractivity contribution in [3.8, 4) is 11.5 Å². The van der Waals surface area contributed by atoms with Gasteiger partial charge < -0.3 is 25.0 Å². The van der Waals surface area contributed by atoms with Crippen molar-refractivity contribution in [1.29, 1.82) is 0 Å². The van der Waals surface area contributed by atoms with Crippen LogP contribution in [-0.2, 0) is 4.79 Å². The summed E-state index contributed by atoms with van der Waals surface area (Å²) in [6.07, 6.45) is -0.0279. The third kappa shape index (κ3) is 8.95. The van der Waals surface area contributed by atoms with Crippen molar-refractivity contribution in [2.24, 2.45) is 4.99 Å². The van der Waals surface area contributed by atoms with Gasteiger partial charge in [-0.2, -0.15) is 0 Å². The lowest BCUT2D eigenvalue weighted by Gasteiger charge is -2.36. The van der Waals surface area contributed by atoms with Gasteiger partial charge in [-0.1, -0.05) is 6.07 Å². The number of rotatable bonds is 8. The van der Waals surface area contributed by atoms with E-state index < -0.39 is 0 Å². The van der Waals surface area contributed by atoms with Crippen LogP contribution in [0.2, 0.25) is 0 Å². The number of hydrogen-bond donors (Lipinski definition) is 2. The van der Waals surface area contributed by atoms with Gasteiger partial charge in [0.25, 0.3) is 0 Å². The molecule has 170 valence electrons. The van der Waals surface area contributed by atoms with Crippen LogP contribution in [0.3, 0.4) is 0 Å². The SMILES string of the molecule is CN=C(NCC(C)Oc1cccc(OC)c1)N1CCN(CC(=O)NC(C)C)CC1.I. The molecule has 1 atom stereocenters. The number of amides is 1. The molecule has 8 nitrogen and oxygen atoms in total. The summed E-state index contributed by atoms with van der Waals surface area (Å²) in [5.74, 6) is 2.50. The first-order valence-electron chi connectivity index (χ1n) is 10.2. The van der Waals surface area contributed by atoms with Gasteiger partial charge in [0.1, 0.15) is 17.6 Å². The Morgan fingerprint density at radius 2 is 1.83 bits per heavy atom. The minimum atomic E-state index is -0.0279. The van der Waals surface area contributed by atoms with Gasteiger partial charge in [-0.15, -0.1) is 24.0 Å². The third-order valence-corrected chi connectivity index (χ3v) is 4.63. The van der Waals surface area contributed by atoms with Crippen molar-refractivity contribution in [3.63, 3.8) is 0 Å². The summed E-state index contributed by atoms with van der Waals surface area (Å²) in [6, 6.07) is 7.77. The number of carbonyl (C=O) groups is 1. The second kappa shape index (κ2) is 13.5. The van der Waals surface area contributed by atoms with Crippen LogP contribution in [0.1, 0.15) is 20.8 Å². The highest BCUT2D eigenvalue weighted by Gasteiger charge is 2.21. The van der Waals surface area contributed by atoms with Crippen LogP contribution in [0.25, 0.3) is 0 Å². The molecule has 1 aliphatic heterocycles. The first-order chi connectivity index (χ1) is 13.9. The summed E-state index contributed by atoms with van der Waals surface area (Å²) in [6.45, 7) is 10.4. The number of ether oxygens (including phenoxy) is 2. The Morgan fingerprint density at radius 1 is 1.17 bits per heavy atom.